The summed E-state index contributed by atoms with van der Waals surface area (Å²) in [4.78, 5) is 27.3. The summed E-state index contributed by atoms with van der Waals surface area (Å²) in [6.45, 7) is 0.275. The number of ether oxygens (including phenoxy) is 1. The number of aliphatic hydroxyl groups is 1. The van der Waals surface area contributed by atoms with E-state index in [0.29, 0.717) is 12.1 Å². The van der Waals surface area contributed by atoms with Crippen molar-refractivity contribution in [1.82, 2.24) is 0 Å². The summed E-state index contributed by atoms with van der Waals surface area (Å²) in [5.41, 5.74) is 1.38. The highest BCUT2D eigenvalue weighted by Crippen LogP contribution is 2.31. The van der Waals surface area contributed by atoms with Crippen LogP contribution in [0, 0.1) is 107 Å². The van der Waals surface area contributed by atoms with Gasteiger partial charge in [0.25, 0.3) is 21.8 Å². The van der Waals surface area contributed by atoms with E-state index in [1.54, 1.807) is 24.3 Å². The van der Waals surface area contributed by atoms with Crippen molar-refractivity contribution in [3.05, 3.63) is 77.3 Å². The smallest absolute Gasteiger partial charge is 0.265 e. The number of carbonyl (C=O) groups excluding carboxylic acids is 2. The normalized spacial score (nSPS) is 10.4. The number of amides is 2. The first-order chi connectivity index (χ1) is 25.2. The Morgan fingerprint density at radius 3 is 2.00 bits per heavy atom. The molecule has 0 spiro atoms. The number of anilines is 3. The van der Waals surface area contributed by atoms with Crippen LogP contribution in [0.1, 0.15) is 5.56 Å². The number of rotatable bonds is 7. The standard InChI is InChI=1S/C41H20ClN3O6S/c1-2-3-4-5-6-7-8-9-10-11-12-13-14-15-16-21-30-51-38-27-26-33(52(49,50)44-35-24-19-18-23-34(35)42)31-36(38)43-40(47)39(46)41(48)45-29-28-32-22-17-20-25-37(32)45/h1,17-20,22-27,31,39,44,46H,28-29H2,(H,43,47). The van der Waals surface area contributed by atoms with Crippen molar-refractivity contribution in [2.45, 2.75) is 17.4 Å². The van der Waals surface area contributed by atoms with E-state index in [1.807, 2.05) is 12.1 Å². The zero-order valence-corrected chi connectivity index (χ0v) is 28.2. The van der Waals surface area contributed by atoms with Crippen molar-refractivity contribution < 1.29 is 27.9 Å². The second-order valence-corrected chi connectivity index (χ2v) is 11.8. The molecule has 11 heteroatoms. The minimum Gasteiger partial charge on any atom is -0.404 e. The first kappa shape index (κ1) is 37.3. The molecule has 1 aliphatic rings. The van der Waals surface area contributed by atoms with Crippen molar-refractivity contribution in [2.75, 3.05) is 21.5 Å². The van der Waals surface area contributed by atoms with Crippen molar-refractivity contribution in [1.29, 1.82) is 0 Å². The Bertz CT molecular complexity index is 2620. The molecular formula is C41H20ClN3O6S. The van der Waals surface area contributed by atoms with Crippen LogP contribution in [0.15, 0.2) is 71.6 Å². The van der Waals surface area contributed by atoms with Crippen LogP contribution in [-0.2, 0) is 26.0 Å². The first-order valence-electron chi connectivity index (χ1n) is 14.6. The Morgan fingerprint density at radius 1 is 0.788 bits per heavy atom. The van der Waals surface area contributed by atoms with Crippen LogP contribution >= 0.6 is 11.6 Å². The first-order valence-corrected chi connectivity index (χ1v) is 16.5. The molecule has 0 bridgehead atoms. The van der Waals surface area contributed by atoms with Crippen molar-refractivity contribution in [2.24, 2.45) is 0 Å². The number of nitrogens with zero attached hydrogens (tertiary/aromatic N) is 1. The number of terminal acetylenes is 1. The van der Waals surface area contributed by atoms with Gasteiger partial charge in [0.1, 0.15) is 6.11 Å². The summed E-state index contributed by atoms with van der Waals surface area (Å²) in [5, 5.41) is 13.3. The fourth-order valence-electron chi connectivity index (χ4n) is 4.19. The van der Waals surface area contributed by atoms with E-state index in [9.17, 15) is 23.1 Å². The summed E-state index contributed by atoms with van der Waals surface area (Å²) in [5.74, 6) is 36.5. The molecule has 9 nitrogen and oxygen atoms in total. The molecule has 3 aromatic carbocycles. The Hall–Kier alpha value is -7.56. The topological polar surface area (TPSA) is 125 Å². The maximum absolute atomic E-state index is 13.2. The van der Waals surface area contributed by atoms with Crippen LogP contribution in [0.4, 0.5) is 17.1 Å². The lowest BCUT2D eigenvalue weighted by molar-refractivity contribution is -0.136. The maximum Gasteiger partial charge on any atom is 0.265 e. The molecule has 1 atom stereocenters. The van der Waals surface area contributed by atoms with Crippen LogP contribution in [-0.4, -0.2) is 38.0 Å². The number of hydrogen-bond donors (Lipinski definition) is 3. The zero-order chi connectivity index (χ0) is 37.2. The molecular weight excluding hydrogens is 698 g/mol. The minimum atomic E-state index is -4.24. The van der Waals surface area contributed by atoms with E-state index in [0.717, 1.165) is 11.6 Å². The van der Waals surface area contributed by atoms with Crippen molar-refractivity contribution in [3.8, 4) is 113 Å². The maximum atomic E-state index is 13.2. The number of carbonyl (C=O) groups is 2. The van der Waals surface area contributed by atoms with Gasteiger partial charge in [0, 0.05) is 59.6 Å². The van der Waals surface area contributed by atoms with Crippen LogP contribution < -0.4 is 19.7 Å². The van der Waals surface area contributed by atoms with E-state index in [-0.39, 0.29) is 33.6 Å². The van der Waals surface area contributed by atoms with Gasteiger partial charge >= 0.3 is 0 Å². The minimum absolute atomic E-state index is 0.115. The SMILES string of the molecule is C#CC#CC#CC#CC#CC#CC#CC#CC#COc1ccc(S(=O)(=O)Nc2ccccc2Cl)cc1NC(=O)C(O)C(=O)N1CCc2ccccc21. The van der Waals surface area contributed by atoms with Crippen LogP contribution in [0.2, 0.25) is 5.02 Å². The quantitative estimate of drug-likeness (QED) is 0.255. The summed E-state index contributed by atoms with van der Waals surface area (Å²) < 4.78 is 34.3. The van der Waals surface area contributed by atoms with Crippen LogP contribution in [0.25, 0.3) is 0 Å². The van der Waals surface area contributed by atoms with Gasteiger partial charge < -0.3 is 20.1 Å². The predicted octanol–water partition coefficient (Wildman–Crippen LogP) is 3.03. The lowest BCUT2D eigenvalue weighted by atomic mass is 10.2. The molecule has 2 amide bonds. The van der Waals surface area contributed by atoms with Gasteiger partial charge in [0.15, 0.2) is 5.75 Å². The highest BCUT2D eigenvalue weighted by molar-refractivity contribution is 7.92. The number of para-hydroxylation sites is 2. The average molecular weight is 718 g/mol. The Morgan fingerprint density at radius 2 is 1.37 bits per heavy atom. The van der Waals surface area contributed by atoms with Crippen LogP contribution in [0.3, 0.4) is 0 Å². The molecule has 1 aliphatic heterocycles. The largest absolute Gasteiger partial charge is 0.404 e. The van der Waals surface area contributed by atoms with Gasteiger partial charge in [0.2, 0.25) is 6.10 Å². The number of benzene rings is 3. The fraction of sp³-hybridized carbons (Fsp3) is 0.0732. The van der Waals surface area contributed by atoms with Crippen LogP contribution in [0.5, 0.6) is 5.75 Å². The molecule has 52 heavy (non-hydrogen) atoms. The zero-order valence-electron chi connectivity index (χ0n) is 26.6. The number of nitrogens with one attached hydrogen (secondary N) is 2. The van der Waals surface area contributed by atoms with Gasteiger partial charge in [-0.15, -0.1) is 6.42 Å². The number of aliphatic hydroxyl groups excluding tert-OH is 1. The van der Waals surface area contributed by atoms with Gasteiger partial charge in [-0.05, 0) is 95.7 Å². The molecule has 0 aliphatic carbocycles. The third kappa shape index (κ3) is 10.7. The van der Waals surface area contributed by atoms with Gasteiger partial charge in [-0.25, -0.2) is 8.42 Å². The molecule has 4 rings (SSSR count). The van der Waals surface area contributed by atoms with E-state index in [4.69, 9.17) is 22.8 Å². The average Bonchev–Trinajstić information content (AvgIpc) is 3.58. The molecule has 3 aromatic rings. The van der Waals surface area contributed by atoms with E-state index in [2.05, 4.69) is 111 Å². The molecule has 0 radical (unpaired) electrons. The predicted molar refractivity (Wildman–Crippen MR) is 198 cm³/mol. The third-order valence-electron chi connectivity index (χ3n) is 6.43. The Labute approximate surface area is 306 Å². The highest BCUT2D eigenvalue weighted by Gasteiger charge is 2.33. The van der Waals surface area contributed by atoms with Crippen molar-refractivity contribution in [3.63, 3.8) is 0 Å². The van der Waals surface area contributed by atoms with Gasteiger partial charge in [-0.1, -0.05) is 41.9 Å². The van der Waals surface area contributed by atoms with E-state index >= 15 is 0 Å². The molecule has 0 fully saturated rings. The second-order valence-electron chi connectivity index (χ2n) is 9.73. The summed E-state index contributed by atoms with van der Waals surface area (Å²) in [7, 11) is -4.24. The monoisotopic (exact) mass is 717 g/mol. The number of fused-ring (bicyclic) bond motifs is 1. The van der Waals surface area contributed by atoms with E-state index in [1.165, 1.54) is 29.2 Å². The third-order valence-corrected chi connectivity index (χ3v) is 8.12. The second kappa shape index (κ2) is 18.8. The molecule has 3 N–H and O–H groups in total. The molecule has 1 heterocycles. The molecule has 1 unspecified atom stereocenters. The number of halogens is 1. The number of sulfonamides is 1. The lowest BCUT2D eigenvalue weighted by Crippen LogP contribution is -2.44. The van der Waals surface area contributed by atoms with E-state index < -0.39 is 27.9 Å². The molecule has 0 aromatic heterocycles. The number of hydrogen-bond acceptors (Lipinski definition) is 6. The van der Waals surface area contributed by atoms with Crippen molar-refractivity contribution >= 4 is 50.5 Å². The van der Waals surface area contributed by atoms with Gasteiger partial charge in [-0.3, -0.25) is 14.3 Å². The molecule has 0 saturated carbocycles. The summed E-state index contributed by atoms with van der Waals surface area (Å²) in [6, 6.07) is 16.8. The van der Waals surface area contributed by atoms with Gasteiger partial charge in [0.05, 0.1) is 21.3 Å². The molecule has 248 valence electrons. The summed E-state index contributed by atoms with van der Waals surface area (Å²) >= 11 is 6.13. The Kier molecular flexibility index (Phi) is 13.5. The highest BCUT2D eigenvalue weighted by atomic mass is 35.5. The lowest BCUT2D eigenvalue weighted by Gasteiger charge is -2.21. The summed E-state index contributed by atoms with van der Waals surface area (Å²) in [6.07, 6.45) is 5.70. The molecule has 0 saturated heterocycles. The fourth-order valence-corrected chi connectivity index (χ4v) is 5.53. The van der Waals surface area contributed by atoms with Gasteiger partial charge in [-0.2, -0.15) is 0 Å². The Balaban J connectivity index is 1.50.